The summed E-state index contributed by atoms with van der Waals surface area (Å²) in [5.41, 5.74) is 2.11. The lowest BCUT2D eigenvalue weighted by molar-refractivity contribution is 0.0979. The van der Waals surface area contributed by atoms with E-state index in [1.54, 1.807) is 35.0 Å². The molecule has 2 aromatic carbocycles. The van der Waals surface area contributed by atoms with Crippen molar-refractivity contribution in [1.82, 2.24) is 14.8 Å². The van der Waals surface area contributed by atoms with Gasteiger partial charge >= 0.3 is 0 Å². The average molecular weight is 383 g/mol. The summed E-state index contributed by atoms with van der Waals surface area (Å²) < 4.78 is 2.56. The largest absolute Gasteiger partial charge is 0.280 e. The minimum absolute atomic E-state index is 0.190. The monoisotopic (exact) mass is 382 g/mol. The summed E-state index contributed by atoms with van der Waals surface area (Å²) >= 11 is 7.70. The summed E-state index contributed by atoms with van der Waals surface area (Å²) in [6.45, 7) is 0.410. The predicted octanol–water partition coefficient (Wildman–Crippen LogP) is 4.53. The van der Waals surface area contributed by atoms with Gasteiger partial charge in [0.05, 0.1) is 16.3 Å². The second-order valence-corrected chi connectivity index (χ2v) is 7.25. The molecule has 0 aliphatic rings. The van der Waals surface area contributed by atoms with E-state index >= 15 is 0 Å². The van der Waals surface area contributed by atoms with Crippen LogP contribution < -0.4 is 4.90 Å². The Bertz CT molecular complexity index is 1070. The van der Waals surface area contributed by atoms with Crippen molar-refractivity contribution in [2.75, 3.05) is 4.90 Å². The maximum atomic E-state index is 13.1. The Labute approximate surface area is 159 Å². The summed E-state index contributed by atoms with van der Waals surface area (Å²) in [7, 11) is 1.79. The summed E-state index contributed by atoms with van der Waals surface area (Å²) in [6.07, 6.45) is 1.75. The molecule has 4 aromatic rings. The van der Waals surface area contributed by atoms with Crippen LogP contribution in [0.4, 0.5) is 5.13 Å². The highest BCUT2D eigenvalue weighted by Crippen LogP contribution is 2.34. The first kappa shape index (κ1) is 16.8. The lowest BCUT2D eigenvalue weighted by Gasteiger charge is -2.19. The number of hydrogen-bond acceptors (Lipinski definition) is 4. The predicted molar refractivity (Wildman–Crippen MR) is 105 cm³/mol. The summed E-state index contributed by atoms with van der Waals surface area (Å²) in [5.74, 6) is -0.190. The second-order valence-electron chi connectivity index (χ2n) is 5.83. The average Bonchev–Trinajstić information content (AvgIpc) is 3.27. The number of anilines is 1. The van der Waals surface area contributed by atoms with Gasteiger partial charge in [-0.25, -0.2) is 4.98 Å². The van der Waals surface area contributed by atoms with Gasteiger partial charge in [0.25, 0.3) is 5.91 Å². The zero-order valence-corrected chi connectivity index (χ0v) is 15.5. The minimum atomic E-state index is -0.190. The highest BCUT2D eigenvalue weighted by atomic mass is 35.5. The van der Waals surface area contributed by atoms with Crippen LogP contribution in [0.25, 0.3) is 10.2 Å². The molecule has 0 atom stereocenters. The van der Waals surface area contributed by atoms with Crippen LogP contribution in [0.1, 0.15) is 16.1 Å². The van der Waals surface area contributed by atoms with Crippen molar-refractivity contribution in [3.8, 4) is 0 Å². The Hall–Kier alpha value is -2.70. The first-order valence-electron chi connectivity index (χ1n) is 8.02. The van der Waals surface area contributed by atoms with Crippen LogP contribution in [-0.2, 0) is 13.6 Å². The SMILES string of the molecule is Cn1ccc(C(=O)N(Cc2ccccc2)c2nc3c(Cl)cccc3s2)n1. The molecular weight excluding hydrogens is 368 g/mol. The van der Waals surface area contributed by atoms with Crippen LogP contribution in [-0.4, -0.2) is 20.7 Å². The molecule has 0 fully saturated rings. The number of benzene rings is 2. The van der Waals surface area contributed by atoms with Gasteiger partial charge in [0.1, 0.15) is 5.52 Å². The smallest absolute Gasteiger partial charge is 0.278 e. The van der Waals surface area contributed by atoms with E-state index in [0.717, 1.165) is 10.3 Å². The summed E-state index contributed by atoms with van der Waals surface area (Å²) in [6, 6.07) is 17.2. The Kier molecular flexibility index (Phi) is 4.44. The van der Waals surface area contributed by atoms with Crippen LogP contribution in [0, 0.1) is 0 Å². The van der Waals surface area contributed by atoms with Gasteiger partial charge in [0.15, 0.2) is 10.8 Å². The molecule has 1 amide bonds. The molecule has 0 unspecified atom stereocenters. The number of rotatable bonds is 4. The minimum Gasteiger partial charge on any atom is -0.278 e. The van der Waals surface area contributed by atoms with Gasteiger partial charge in [0, 0.05) is 13.2 Å². The normalized spacial score (nSPS) is 11.0. The van der Waals surface area contributed by atoms with Gasteiger partial charge in [-0.1, -0.05) is 59.3 Å². The molecule has 7 heteroatoms. The van der Waals surface area contributed by atoms with Crippen molar-refractivity contribution >= 4 is 44.2 Å². The standard InChI is InChI=1S/C19H15ClN4OS/c1-23-11-10-15(22-23)18(25)24(12-13-6-3-2-4-7-13)19-21-17-14(20)8-5-9-16(17)26-19/h2-11H,12H2,1H3. The number of aromatic nitrogens is 3. The van der Waals surface area contributed by atoms with Gasteiger partial charge < -0.3 is 0 Å². The highest BCUT2D eigenvalue weighted by molar-refractivity contribution is 7.22. The van der Waals surface area contributed by atoms with E-state index in [0.29, 0.717) is 27.9 Å². The summed E-state index contributed by atoms with van der Waals surface area (Å²) in [4.78, 5) is 19.4. The van der Waals surface area contributed by atoms with Gasteiger partial charge in [-0.3, -0.25) is 14.4 Å². The van der Waals surface area contributed by atoms with Crippen molar-refractivity contribution in [2.24, 2.45) is 7.05 Å². The van der Waals surface area contributed by atoms with E-state index in [2.05, 4.69) is 10.1 Å². The molecule has 0 saturated carbocycles. The molecule has 26 heavy (non-hydrogen) atoms. The number of thiazole rings is 1. The van der Waals surface area contributed by atoms with E-state index in [1.165, 1.54) is 11.3 Å². The number of fused-ring (bicyclic) bond motifs is 1. The van der Waals surface area contributed by atoms with E-state index in [1.807, 2.05) is 42.5 Å². The molecule has 2 aromatic heterocycles. The van der Waals surface area contributed by atoms with E-state index in [9.17, 15) is 4.79 Å². The quantitative estimate of drug-likeness (QED) is 0.521. The Balaban J connectivity index is 1.78. The molecule has 4 rings (SSSR count). The van der Waals surface area contributed by atoms with Crippen LogP contribution >= 0.6 is 22.9 Å². The van der Waals surface area contributed by atoms with Gasteiger partial charge in [0.2, 0.25) is 0 Å². The molecule has 0 bridgehead atoms. The number of para-hydroxylation sites is 1. The first-order chi connectivity index (χ1) is 12.6. The molecule has 0 aliphatic heterocycles. The molecular formula is C19H15ClN4OS. The molecule has 0 aliphatic carbocycles. The van der Waals surface area contributed by atoms with E-state index in [4.69, 9.17) is 11.6 Å². The Morgan fingerprint density at radius 3 is 2.65 bits per heavy atom. The number of carbonyl (C=O) groups excluding carboxylic acids is 1. The van der Waals surface area contributed by atoms with Crippen molar-refractivity contribution in [2.45, 2.75) is 6.54 Å². The van der Waals surface area contributed by atoms with E-state index < -0.39 is 0 Å². The number of halogens is 1. The first-order valence-corrected chi connectivity index (χ1v) is 9.22. The zero-order chi connectivity index (χ0) is 18.1. The van der Waals surface area contributed by atoms with Crippen LogP contribution in [0.2, 0.25) is 5.02 Å². The Morgan fingerprint density at radius 2 is 1.96 bits per heavy atom. The molecule has 5 nitrogen and oxygen atoms in total. The highest BCUT2D eigenvalue weighted by Gasteiger charge is 2.24. The zero-order valence-electron chi connectivity index (χ0n) is 14.0. The Morgan fingerprint density at radius 1 is 1.15 bits per heavy atom. The number of nitrogens with zero attached hydrogens (tertiary/aromatic N) is 4. The fraction of sp³-hybridized carbons (Fsp3) is 0.105. The number of hydrogen-bond donors (Lipinski definition) is 0. The molecule has 0 spiro atoms. The van der Waals surface area contributed by atoms with Gasteiger partial charge in [-0.15, -0.1) is 0 Å². The van der Waals surface area contributed by atoms with Crippen molar-refractivity contribution in [3.63, 3.8) is 0 Å². The third-order valence-corrected chi connectivity index (χ3v) is 5.30. The fourth-order valence-corrected chi connectivity index (χ4v) is 3.94. The lowest BCUT2D eigenvalue weighted by Crippen LogP contribution is -2.30. The third kappa shape index (κ3) is 3.21. The van der Waals surface area contributed by atoms with Crippen molar-refractivity contribution < 1.29 is 4.79 Å². The molecule has 0 saturated heterocycles. The molecule has 0 N–H and O–H groups in total. The van der Waals surface area contributed by atoms with Crippen molar-refractivity contribution in [1.29, 1.82) is 0 Å². The van der Waals surface area contributed by atoms with Crippen LogP contribution in [0.15, 0.2) is 60.8 Å². The molecule has 0 radical (unpaired) electrons. The van der Waals surface area contributed by atoms with Gasteiger partial charge in [-0.05, 0) is 23.8 Å². The number of amides is 1. The maximum Gasteiger partial charge on any atom is 0.280 e. The van der Waals surface area contributed by atoms with E-state index in [-0.39, 0.29) is 5.91 Å². The van der Waals surface area contributed by atoms with Crippen molar-refractivity contribution in [3.05, 3.63) is 77.1 Å². The van der Waals surface area contributed by atoms with Crippen LogP contribution in [0.3, 0.4) is 0 Å². The summed E-state index contributed by atoms with van der Waals surface area (Å²) in [5, 5.41) is 5.43. The second kappa shape index (κ2) is 6.90. The third-order valence-electron chi connectivity index (χ3n) is 3.95. The topological polar surface area (TPSA) is 51.0 Å². The number of aryl methyl sites for hydroxylation is 1. The maximum absolute atomic E-state index is 13.1. The van der Waals surface area contributed by atoms with Crippen LogP contribution in [0.5, 0.6) is 0 Å². The fourth-order valence-electron chi connectivity index (χ4n) is 2.68. The van der Waals surface area contributed by atoms with Gasteiger partial charge in [-0.2, -0.15) is 5.10 Å². The molecule has 2 heterocycles. The lowest BCUT2D eigenvalue weighted by atomic mass is 10.2. The molecule has 130 valence electrons. The number of carbonyl (C=O) groups is 1.